The van der Waals surface area contributed by atoms with E-state index >= 15 is 0 Å². The molecule has 0 fully saturated rings. The lowest BCUT2D eigenvalue weighted by Crippen LogP contribution is -2.27. The van der Waals surface area contributed by atoms with E-state index in [0.717, 1.165) is 10.0 Å². The van der Waals surface area contributed by atoms with Gasteiger partial charge >= 0.3 is 6.61 Å². The Labute approximate surface area is 144 Å². The van der Waals surface area contributed by atoms with Crippen LogP contribution in [0.5, 0.6) is 11.5 Å². The van der Waals surface area contributed by atoms with Gasteiger partial charge in [-0.25, -0.2) is 4.99 Å². The molecule has 3 N–H and O–H groups in total. The molecular formula is C16H13BrF2N2O3. The minimum atomic E-state index is -3.02. The Balaban J connectivity index is 2.10. The van der Waals surface area contributed by atoms with Gasteiger partial charge in [-0.1, -0.05) is 34.1 Å². The van der Waals surface area contributed by atoms with Crippen molar-refractivity contribution in [1.29, 1.82) is 0 Å². The molecule has 24 heavy (non-hydrogen) atoms. The van der Waals surface area contributed by atoms with E-state index in [0.29, 0.717) is 5.56 Å². The molecule has 3 rings (SSSR count). The van der Waals surface area contributed by atoms with Crippen LogP contribution in [0, 0.1) is 0 Å². The average Bonchev–Trinajstić information content (AvgIpc) is 2.92. The molecule has 8 heteroatoms. The fourth-order valence-electron chi connectivity index (χ4n) is 2.61. The van der Waals surface area contributed by atoms with Crippen molar-refractivity contribution in [1.82, 2.24) is 0 Å². The third-order valence-electron chi connectivity index (χ3n) is 3.68. The molecule has 1 unspecified atom stereocenters. The molecule has 0 saturated carbocycles. The van der Waals surface area contributed by atoms with Gasteiger partial charge in [-0.05, 0) is 35.4 Å². The van der Waals surface area contributed by atoms with Crippen molar-refractivity contribution in [3.8, 4) is 11.5 Å². The maximum Gasteiger partial charge on any atom is 0.387 e. The Morgan fingerprint density at radius 2 is 2.00 bits per heavy atom. The summed E-state index contributed by atoms with van der Waals surface area (Å²) in [7, 11) is 0. The summed E-state index contributed by atoms with van der Waals surface area (Å²) in [4.78, 5) is 4.38. The second-order valence-electron chi connectivity index (χ2n) is 5.17. The van der Waals surface area contributed by atoms with Crippen LogP contribution in [0.2, 0.25) is 0 Å². The first kappa shape index (κ1) is 16.5. The number of amidine groups is 1. The largest absolute Gasteiger partial charge is 0.504 e. The van der Waals surface area contributed by atoms with E-state index in [9.17, 15) is 13.9 Å². The van der Waals surface area contributed by atoms with Crippen LogP contribution in [0.15, 0.2) is 51.9 Å². The fourth-order valence-corrected chi connectivity index (χ4v) is 3.01. The number of alkyl halides is 2. The van der Waals surface area contributed by atoms with E-state index in [4.69, 9.17) is 10.5 Å². The summed E-state index contributed by atoms with van der Waals surface area (Å²) < 4.78 is 35.1. The number of nitrogens with zero attached hydrogens (tertiary/aromatic N) is 1. The minimum Gasteiger partial charge on any atom is -0.504 e. The maximum absolute atomic E-state index is 12.3. The highest BCUT2D eigenvalue weighted by molar-refractivity contribution is 9.10. The normalized spacial score (nSPS) is 19.9. The number of ether oxygens (including phenoxy) is 2. The second kappa shape index (κ2) is 6.27. The Bertz CT molecular complexity index is 801. The first-order chi connectivity index (χ1) is 11.4. The molecule has 1 aliphatic rings. The Kier molecular flexibility index (Phi) is 4.31. The Morgan fingerprint density at radius 3 is 2.58 bits per heavy atom. The van der Waals surface area contributed by atoms with E-state index in [1.54, 1.807) is 6.07 Å². The van der Waals surface area contributed by atoms with Crippen LogP contribution >= 0.6 is 15.9 Å². The smallest absolute Gasteiger partial charge is 0.387 e. The van der Waals surface area contributed by atoms with Gasteiger partial charge in [-0.2, -0.15) is 8.78 Å². The van der Waals surface area contributed by atoms with Gasteiger partial charge in [0.1, 0.15) is 6.61 Å². The highest BCUT2D eigenvalue weighted by atomic mass is 79.9. The lowest BCUT2D eigenvalue weighted by Gasteiger charge is -2.26. The van der Waals surface area contributed by atoms with Crippen LogP contribution in [0.4, 0.5) is 8.78 Å². The molecular weight excluding hydrogens is 386 g/mol. The summed E-state index contributed by atoms with van der Waals surface area (Å²) >= 11 is 3.40. The molecule has 0 bridgehead atoms. The molecule has 0 aliphatic carbocycles. The monoisotopic (exact) mass is 398 g/mol. The number of aliphatic imine (C=N–C) groups is 1. The van der Waals surface area contributed by atoms with Crippen molar-refractivity contribution < 1.29 is 23.4 Å². The van der Waals surface area contributed by atoms with Gasteiger partial charge in [0.25, 0.3) is 6.02 Å². The van der Waals surface area contributed by atoms with Gasteiger partial charge in [0.2, 0.25) is 0 Å². The number of hydrogen-bond acceptors (Lipinski definition) is 5. The number of nitrogens with two attached hydrogens (primary N) is 1. The third-order valence-corrected chi connectivity index (χ3v) is 4.18. The number of benzene rings is 2. The molecule has 126 valence electrons. The van der Waals surface area contributed by atoms with Crippen LogP contribution in [0.3, 0.4) is 0 Å². The summed E-state index contributed by atoms with van der Waals surface area (Å²) in [6.07, 6.45) is 0. The summed E-state index contributed by atoms with van der Waals surface area (Å²) in [5.74, 6) is -0.725. The van der Waals surface area contributed by atoms with Crippen molar-refractivity contribution in [2.45, 2.75) is 12.2 Å². The zero-order valence-electron chi connectivity index (χ0n) is 12.2. The molecule has 1 aliphatic heterocycles. The van der Waals surface area contributed by atoms with Crippen LogP contribution in [-0.4, -0.2) is 24.3 Å². The molecule has 0 spiro atoms. The van der Waals surface area contributed by atoms with Crippen LogP contribution in [-0.2, 0) is 10.3 Å². The first-order valence-corrected chi connectivity index (χ1v) is 7.72. The van der Waals surface area contributed by atoms with Crippen LogP contribution in [0.1, 0.15) is 11.1 Å². The highest BCUT2D eigenvalue weighted by Gasteiger charge is 2.40. The Hall–Kier alpha value is -2.35. The summed E-state index contributed by atoms with van der Waals surface area (Å²) in [5.41, 5.74) is 6.03. The zero-order valence-corrected chi connectivity index (χ0v) is 13.8. The van der Waals surface area contributed by atoms with Crippen molar-refractivity contribution in [3.63, 3.8) is 0 Å². The van der Waals surface area contributed by atoms with Crippen molar-refractivity contribution in [3.05, 3.63) is 58.1 Å². The quantitative estimate of drug-likeness (QED) is 0.827. The predicted molar refractivity (Wildman–Crippen MR) is 87.2 cm³/mol. The van der Waals surface area contributed by atoms with E-state index < -0.39 is 17.9 Å². The number of rotatable bonds is 4. The van der Waals surface area contributed by atoms with Gasteiger partial charge in [0.15, 0.2) is 17.0 Å². The van der Waals surface area contributed by atoms with E-state index in [1.165, 1.54) is 12.1 Å². The molecule has 0 amide bonds. The van der Waals surface area contributed by atoms with Crippen molar-refractivity contribution >= 4 is 22.0 Å². The maximum atomic E-state index is 12.3. The van der Waals surface area contributed by atoms with Crippen molar-refractivity contribution in [2.75, 3.05) is 6.61 Å². The second-order valence-corrected chi connectivity index (χ2v) is 6.09. The number of hydrogen-bond donors (Lipinski definition) is 2. The summed E-state index contributed by atoms with van der Waals surface area (Å²) in [5, 5.41) is 9.99. The van der Waals surface area contributed by atoms with Crippen molar-refractivity contribution in [2.24, 2.45) is 10.7 Å². The van der Waals surface area contributed by atoms with E-state index in [1.807, 2.05) is 24.3 Å². The van der Waals surface area contributed by atoms with Gasteiger partial charge in [-0.15, -0.1) is 0 Å². The lowest BCUT2D eigenvalue weighted by atomic mass is 9.84. The van der Waals surface area contributed by atoms with Gasteiger partial charge in [-0.3, -0.25) is 0 Å². The molecule has 2 aromatic rings. The molecule has 0 aromatic heterocycles. The van der Waals surface area contributed by atoms with Crippen LogP contribution in [0.25, 0.3) is 0 Å². The molecule has 1 atom stereocenters. The standard InChI is InChI=1S/C16H13BrF2N2O3/c17-11-3-1-2-9(6-11)16(8-23-15(20)21-16)10-4-5-13(12(22)7-10)24-14(18)19/h1-7,14,22H,8H2,(H2,20,21). The highest BCUT2D eigenvalue weighted by Crippen LogP contribution is 2.41. The van der Waals surface area contributed by atoms with Gasteiger partial charge in [0, 0.05) is 4.47 Å². The molecule has 5 nitrogen and oxygen atoms in total. The van der Waals surface area contributed by atoms with E-state index in [2.05, 4.69) is 25.7 Å². The average molecular weight is 399 g/mol. The van der Waals surface area contributed by atoms with Crippen LogP contribution < -0.4 is 10.5 Å². The number of phenols is 1. The third kappa shape index (κ3) is 3.01. The molecule has 2 aromatic carbocycles. The zero-order chi connectivity index (χ0) is 17.3. The topological polar surface area (TPSA) is 77.1 Å². The SMILES string of the molecule is NC1=NC(c2cccc(Br)c2)(c2ccc(OC(F)F)c(O)c2)CO1. The molecule has 0 radical (unpaired) electrons. The molecule has 1 heterocycles. The number of aromatic hydroxyl groups is 1. The molecule has 0 saturated heterocycles. The number of halogens is 3. The van der Waals surface area contributed by atoms with Gasteiger partial charge < -0.3 is 20.3 Å². The minimum absolute atomic E-state index is 0.0161. The lowest BCUT2D eigenvalue weighted by molar-refractivity contribution is -0.0512. The van der Waals surface area contributed by atoms with Gasteiger partial charge in [0.05, 0.1) is 0 Å². The first-order valence-electron chi connectivity index (χ1n) is 6.93. The predicted octanol–water partition coefficient (Wildman–Crippen LogP) is 3.34. The fraction of sp³-hybridized carbons (Fsp3) is 0.188. The number of phenolic OH excluding ortho intramolecular Hbond substituents is 1. The summed E-state index contributed by atoms with van der Waals surface area (Å²) in [6, 6.07) is 11.5. The Morgan fingerprint density at radius 1 is 1.25 bits per heavy atom. The summed E-state index contributed by atoms with van der Waals surface area (Å²) in [6.45, 7) is -2.90. The van der Waals surface area contributed by atoms with E-state index in [-0.39, 0.29) is 18.4 Å².